The molecule has 2 rings (SSSR count). The van der Waals surface area contributed by atoms with Gasteiger partial charge >= 0.3 is 0 Å². The van der Waals surface area contributed by atoms with Crippen molar-refractivity contribution in [3.63, 3.8) is 0 Å². The summed E-state index contributed by atoms with van der Waals surface area (Å²) in [6, 6.07) is 10.2. The van der Waals surface area contributed by atoms with E-state index in [4.69, 9.17) is 5.26 Å². The van der Waals surface area contributed by atoms with E-state index in [1.54, 1.807) is 11.9 Å². The van der Waals surface area contributed by atoms with Crippen LogP contribution in [-0.2, 0) is 4.79 Å². The number of rotatable bonds is 4. The maximum atomic E-state index is 12.3. The maximum absolute atomic E-state index is 12.3. The number of hydrogen-bond donors (Lipinski definition) is 0. The van der Waals surface area contributed by atoms with Crippen molar-refractivity contribution >= 4 is 21.8 Å². The average Bonchev–Trinajstić information content (AvgIpc) is 3.17. The van der Waals surface area contributed by atoms with Gasteiger partial charge in [0.05, 0.1) is 12.5 Å². The van der Waals surface area contributed by atoms with Gasteiger partial charge in [0.25, 0.3) is 0 Å². The van der Waals surface area contributed by atoms with Gasteiger partial charge in [-0.05, 0) is 37.0 Å². The number of carbonyl (C=O) groups excluding carboxylic acids is 1. The minimum Gasteiger partial charge on any atom is -0.342 e. The molecule has 0 radical (unpaired) electrons. The molecule has 0 aliphatic heterocycles. The Morgan fingerprint density at radius 3 is 3.00 bits per heavy atom. The van der Waals surface area contributed by atoms with Crippen LogP contribution in [0.2, 0.25) is 0 Å². The van der Waals surface area contributed by atoms with Crippen molar-refractivity contribution in [2.45, 2.75) is 31.7 Å². The average molecular weight is 321 g/mol. The summed E-state index contributed by atoms with van der Waals surface area (Å²) in [5, 5.41) is 8.69. The van der Waals surface area contributed by atoms with E-state index >= 15 is 0 Å². The Bertz CT molecular complexity index is 523. The smallest absolute Gasteiger partial charge is 0.226 e. The van der Waals surface area contributed by atoms with E-state index in [0.29, 0.717) is 12.3 Å². The Hall–Kier alpha value is -1.34. The molecule has 3 atom stereocenters. The van der Waals surface area contributed by atoms with Gasteiger partial charge in [-0.3, -0.25) is 4.79 Å². The first-order chi connectivity index (χ1) is 9.04. The first kappa shape index (κ1) is 14.1. The maximum Gasteiger partial charge on any atom is 0.226 e. The molecule has 1 aliphatic rings. The summed E-state index contributed by atoms with van der Waals surface area (Å²) in [7, 11) is 1.79. The summed E-state index contributed by atoms with van der Waals surface area (Å²) in [5.41, 5.74) is 1.22. The van der Waals surface area contributed by atoms with Gasteiger partial charge in [0.1, 0.15) is 0 Å². The lowest BCUT2D eigenvalue weighted by Gasteiger charge is -2.23. The van der Waals surface area contributed by atoms with Crippen LogP contribution < -0.4 is 0 Å². The molecular weight excluding hydrogens is 304 g/mol. The first-order valence-corrected chi connectivity index (χ1v) is 7.23. The van der Waals surface area contributed by atoms with Crippen molar-refractivity contribution in [1.29, 1.82) is 5.26 Å². The summed E-state index contributed by atoms with van der Waals surface area (Å²) in [6.45, 7) is 1.91. The molecule has 4 heteroatoms. The predicted octanol–water partition coefficient (Wildman–Crippen LogP) is 3.31. The third-order valence-corrected chi connectivity index (χ3v) is 4.27. The molecular formula is C15H17BrN2O. The highest BCUT2D eigenvalue weighted by Crippen LogP contribution is 2.48. The molecule has 0 bridgehead atoms. The molecule has 0 unspecified atom stereocenters. The summed E-state index contributed by atoms with van der Waals surface area (Å²) in [6.07, 6.45) is 1.30. The highest BCUT2D eigenvalue weighted by atomic mass is 79.9. The molecule has 1 saturated carbocycles. The Morgan fingerprint density at radius 1 is 1.63 bits per heavy atom. The summed E-state index contributed by atoms with van der Waals surface area (Å²) >= 11 is 3.46. The number of carbonyl (C=O) groups is 1. The molecule has 0 spiro atoms. The van der Waals surface area contributed by atoms with Crippen molar-refractivity contribution in [1.82, 2.24) is 4.90 Å². The van der Waals surface area contributed by atoms with Crippen LogP contribution in [-0.4, -0.2) is 23.9 Å². The Labute approximate surface area is 122 Å². The normalized spacial score (nSPS) is 22.4. The minimum atomic E-state index is -0.0127. The molecule has 0 aromatic heterocycles. The fraction of sp³-hybridized carbons (Fsp3) is 0.467. The van der Waals surface area contributed by atoms with Crippen LogP contribution >= 0.6 is 15.9 Å². The van der Waals surface area contributed by atoms with Crippen molar-refractivity contribution in [3.05, 3.63) is 34.3 Å². The Balaban J connectivity index is 1.99. The van der Waals surface area contributed by atoms with Gasteiger partial charge in [-0.1, -0.05) is 28.1 Å². The fourth-order valence-corrected chi connectivity index (χ4v) is 2.74. The van der Waals surface area contributed by atoms with E-state index in [1.165, 1.54) is 5.56 Å². The van der Waals surface area contributed by atoms with Gasteiger partial charge in [0.2, 0.25) is 5.91 Å². The molecule has 100 valence electrons. The number of nitriles is 1. The lowest BCUT2D eigenvalue weighted by atomic mass is 10.1. The van der Waals surface area contributed by atoms with Crippen LogP contribution in [0.15, 0.2) is 28.7 Å². The zero-order chi connectivity index (χ0) is 14.0. The zero-order valence-electron chi connectivity index (χ0n) is 11.1. The summed E-state index contributed by atoms with van der Waals surface area (Å²) in [4.78, 5) is 14.0. The number of amides is 1. The van der Waals surface area contributed by atoms with E-state index in [0.717, 1.165) is 10.9 Å². The van der Waals surface area contributed by atoms with E-state index in [-0.39, 0.29) is 17.9 Å². The largest absolute Gasteiger partial charge is 0.342 e. The molecule has 1 aliphatic carbocycles. The zero-order valence-corrected chi connectivity index (χ0v) is 12.7. The monoisotopic (exact) mass is 320 g/mol. The second-order valence-corrected chi connectivity index (χ2v) is 6.08. The molecule has 3 nitrogen and oxygen atoms in total. The first-order valence-electron chi connectivity index (χ1n) is 6.43. The number of benzene rings is 1. The van der Waals surface area contributed by atoms with Gasteiger partial charge in [0, 0.05) is 23.5 Å². The van der Waals surface area contributed by atoms with Gasteiger partial charge in [-0.15, -0.1) is 0 Å². The van der Waals surface area contributed by atoms with Crippen LogP contribution in [0.25, 0.3) is 0 Å². The molecule has 0 N–H and O–H groups in total. The molecule has 0 saturated heterocycles. The molecule has 1 fully saturated rings. The van der Waals surface area contributed by atoms with E-state index < -0.39 is 0 Å². The standard InChI is InChI=1S/C15H17BrN2O/c1-10(6-7-17)18(2)15(19)14-9-13(14)11-4-3-5-12(16)8-11/h3-5,8,10,13-14H,6,9H2,1-2H3/t10-,13-,14-/m1/s1. The Morgan fingerprint density at radius 2 is 2.37 bits per heavy atom. The predicted molar refractivity (Wildman–Crippen MR) is 77.5 cm³/mol. The van der Waals surface area contributed by atoms with Crippen LogP contribution in [0.5, 0.6) is 0 Å². The summed E-state index contributed by atoms with van der Waals surface area (Å²) in [5.74, 6) is 0.579. The van der Waals surface area contributed by atoms with Crippen molar-refractivity contribution in [2.24, 2.45) is 5.92 Å². The van der Waals surface area contributed by atoms with Crippen molar-refractivity contribution < 1.29 is 4.79 Å². The molecule has 1 amide bonds. The number of halogens is 1. The third-order valence-electron chi connectivity index (χ3n) is 3.78. The van der Waals surface area contributed by atoms with Crippen LogP contribution in [0.4, 0.5) is 0 Å². The van der Waals surface area contributed by atoms with Gasteiger partial charge in [-0.2, -0.15) is 5.26 Å². The third kappa shape index (κ3) is 3.16. The van der Waals surface area contributed by atoms with Gasteiger partial charge < -0.3 is 4.90 Å². The Kier molecular flexibility index (Phi) is 4.26. The van der Waals surface area contributed by atoms with E-state index in [2.05, 4.69) is 34.1 Å². The lowest BCUT2D eigenvalue weighted by Crippen LogP contribution is -2.36. The van der Waals surface area contributed by atoms with Crippen LogP contribution in [0.3, 0.4) is 0 Å². The number of hydrogen-bond acceptors (Lipinski definition) is 2. The topological polar surface area (TPSA) is 44.1 Å². The number of nitrogens with zero attached hydrogens (tertiary/aromatic N) is 2. The van der Waals surface area contributed by atoms with E-state index in [9.17, 15) is 4.79 Å². The van der Waals surface area contributed by atoms with Gasteiger partial charge in [-0.25, -0.2) is 0 Å². The molecule has 1 aromatic carbocycles. The van der Waals surface area contributed by atoms with Crippen LogP contribution in [0.1, 0.15) is 31.2 Å². The quantitative estimate of drug-likeness (QED) is 0.854. The second kappa shape index (κ2) is 5.75. The molecule has 0 heterocycles. The second-order valence-electron chi connectivity index (χ2n) is 5.16. The van der Waals surface area contributed by atoms with Crippen LogP contribution in [0, 0.1) is 17.2 Å². The highest BCUT2D eigenvalue weighted by Gasteiger charge is 2.45. The summed E-state index contributed by atoms with van der Waals surface area (Å²) < 4.78 is 1.05. The van der Waals surface area contributed by atoms with Gasteiger partial charge in [0.15, 0.2) is 0 Å². The minimum absolute atomic E-state index is 0.0127. The molecule has 19 heavy (non-hydrogen) atoms. The van der Waals surface area contributed by atoms with E-state index in [1.807, 2.05) is 19.1 Å². The fourth-order valence-electron chi connectivity index (χ4n) is 2.32. The SMILES string of the molecule is C[C@H](CC#N)N(C)C(=O)[C@@H]1C[C@@H]1c1cccc(Br)c1. The van der Waals surface area contributed by atoms with Crippen molar-refractivity contribution in [2.75, 3.05) is 7.05 Å². The molecule has 1 aromatic rings. The lowest BCUT2D eigenvalue weighted by molar-refractivity contribution is -0.133. The van der Waals surface area contributed by atoms with Crippen molar-refractivity contribution in [3.8, 4) is 6.07 Å². The highest BCUT2D eigenvalue weighted by molar-refractivity contribution is 9.10.